The second-order valence-electron chi connectivity index (χ2n) is 7.96. The van der Waals surface area contributed by atoms with E-state index < -0.39 is 18.2 Å². The van der Waals surface area contributed by atoms with Crippen LogP contribution in [0.25, 0.3) is 0 Å². The zero-order valence-corrected chi connectivity index (χ0v) is 21.3. The summed E-state index contributed by atoms with van der Waals surface area (Å²) < 4.78 is 42.5. The maximum absolute atomic E-state index is 14.2. The monoisotopic (exact) mass is 532 g/mol. The van der Waals surface area contributed by atoms with E-state index in [0.717, 1.165) is 11.5 Å². The Balaban J connectivity index is 0.00000158. The van der Waals surface area contributed by atoms with Crippen molar-refractivity contribution < 1.29 is 22.8 Å². The lowest BCUT2D eigenvalue weighted by molar-refractivity contribution is -0.275. The van der Waals surface area contributed by atoms with E-state index in [1.807, 2.05) is 13.8 Å². The molecule has 2 aliphatic rings. The molecule has 0 spiro atoms. The molecule has 184 valence electrons. The fourth-order valence-electron chi connectivity index (χ4n) is 3.77. The van der Waals surface area contributed by atoms with Gasteiger partial charge in [0.2, 0.25) is 0 Å². The Hall–Kier alpha value is -2.03. The molecule has 2 aromatic carbocycles. The number of aryl methyl sites for hydroxylation is 1. The fourth-order valence-corrected chi connectivity index (χ4v) is 5.54. The molecule has 1 saturated heterocycles. The molecule has 2 aliphatic heterocycles. The van der Waals surface area contributed by atoms with Crippen molar-refractivity contribution in [1.29, 1.82) is 0 Å². The van der Waals surface area contributed by atoms with Crippen LogP contribution < -0.4 is 5.32 Å². The van der Waals surface area contributed by atoms with E-state index in [9.17, 15) is 18.0 Å². The van der Waals surface area contributed by atoms with Gasteiger partial charge >= 0.3 is 6.18 Å². The van der Waals surface area contributed by atoms with Crippen LogP contribution in [0.3, 0.4) is 0 Å². The van der Waals surface area contributed by atoms with Crippen LogP contribution in [-0.2, 0) is 10.4 Å². The van der Waals surface area contributed by atoms with E-state index in [4.69, 9.17) is 28.0 Å². The minimum atomic E-state index is -4.74. The Morgan fingerprint density at radius 1 is 1.21 bits per heavy atom. The van der Waals surface area contributed by atoms with Gasteiger partial charge in [0, 0.05) is 40.1 Å². The number of nitrogens with zero attached hydrogens (tertiary/aromatic N) is 1. The summed E-state index contributed by atoms with van der Waals surface area (Å²) in [6, 6.07) is 8.69. The van der Waals surface area contributed by atoms with E-state index in [2.05, 4.69) is 16.3 Å². The molecule has 0 bridgehead atoms. The molecule has 34 heavy (non-hydrogen) atoms. The van der Waals surface area contributed by atoms with Gasteiger partial charge in [-0.15, -0.1) is 0 Å². The van der Waals surface area contributed by atoms with Gasteiger partial charge in [-0.3, -0.25) is 4.79 Å². The van der Waals surface area contributed by atoms with Crippen LogP contribution >= 0.6 is 33.7 Å². The van der Waals surface area contributed by atoms with Gasteiger partial charge in [-0.05, 0) is 36.8 Å². The fraction of sp³-hybridized carbons (Fsp3) is 0.375. The Kier molecular flexibility index (Phi) is 8.05. The van der Waals surface area contributed by atoms with E-state index in [1.165, 1.54) is 30.3 Å². The maximum atomic E-state index is 14.2. The molecular formula is C24H25Cl2F3N2O2S. The second kappa shape index (κ2) is 10.3. The normalized spacial score (nSPS) is 23.7. The standard InChI is InChI=1S/C22H19Cl2F3N2O2S.C2H6/c1-12-5-14(8-15(23)6-12)21(22(25,26)27)9-19(29-31-21)13-3-4-17(18(24)7-13)20(30)28-16-10-32(2)11-16;1-2/h3-8,16H,2,9-11H2,1H3,(H,28,30);1-2H3. The van der Waals surface area contributed by atoms with Crippen molar-refractivity contribution in [3.63, 3.8) is 0 Å². The number of benzene rings is 2. The predicted octanol–water partition coefficient (Wildman–Crippen LogP) is 6.72. The lowest BCUT2D eigenvalue weighted by Gasteiger charge is -2.30. The van der Waals surface area contributed by atoms with Crippen molar-refractivity contribution in [3.05, 3.63) is 68.7 Å². The van der Waals surface area contributed by atoms with Crippen molar-refractivity contribution in [3.8, 4) is 0 Å². The molecule has 1 fully saturated rings. The van der Waals surface area contributed by atoms with Gasteiger partial charge in [0.05, 0.1) is 16.3 Å². The summed E-state index contributed by atoms with van der Waals surface area (Å²) in [6.07, 6.45) is -5.29. The molecule has 0 saturated carbocycles. The number of hydrogen-bond acceptors (Lipinski definition) is 3. The smallest absolute Gasteiger partial charge is 0.374 e. The molecule has 0 aliphatic carbocycles. The first-order valence-corrected chi connectivity index (χ1v) is 13.1. The molecule has 1 unspecified atom stereocenters. The number of amides is 1. The van der Waals surface area contributed by atoms with Crippen molar-refractivity contribution in [1.82, 2.24) is 5.32 Å². The summed E-state index contributed by atoms with van der Waals surface area (Å²) in [5.41, 5.74) is -1.54. The molecule has 1 N–H and O–H groups in total. The van der Waals surface area contributed by atoms with E-state index in [0.29, 0.717) is 11.1 Å². The van der Waals surface area contributed by atoms with Crippen molar-refractivity contribution >= 4 is 51.2 Å². The average Bonchev–Trinajstić information content (AvgIpc) is 3.20. The third-order valence-corrected chi connectivity index (χ3v) is 7.73. The quantitative estimate of drug-likeness (QED) is 0.444. The van der Waals surface area contributed by atoms with Gasteiger partial charge < -0.3 is 10.2 Å². The summed E-state index contributed by atoms with van der Waals surface area (Å²) in [5.74, 6) is 5.28. The van der Waals surface area contributed by atoms with E-state index in [-0.39, 0.29) is 49.3 Å². The number of oxime groups is 1. The van der Waals surface area contributed by atoms with Crippen molar-refractivity contribution in [2.75, 3.05) is 11.5 Å². The van der Waals surface area contributed by atoms with Crippen LogP contribution in [0.1, 0.15) is 47.3 Å². The lowest BCUT2D eigenvalue weighted by Crippen LogP contribution is -2.45. The van der Waals surface area contributed by atoms with E-state index >= 15 is 0 Å². The minimum Gasteiger partial charge on any atom is -0.374 e. The topological polar surface area (TPSA) is 50.7 Å². The van der Waals surface area contributed by atoms with Crippen molar-refractivity contribution in [2.45, 2.75) is 45.0 Å². The van der Waals surface area contributed by atoms with Gasteiger partial charge in [-0.25, -0.2) is 0 Å². The molecule has 0 aromatic heterocycles. The molecule has 4 nitrogen and oxygen atoms in total. The highest BCUT2D eigenvalue weighted by atomic mass is 35.5. The largest absolute Gasteiger partial charge is 0.435 e. The Morgan fingerprint density at radius 2 is 1.88 bits per heavy atom. The first kappa shape index (κ1) is 26.6. The Labute approximate surface area is 209 Å². The molecule has 0 radical (unpaired) electrons. The number of carbonyl (C=O) groups is 1. The number of hydrogen-bond donors (Lipinski definition) is 1. The molecule has 4 rings (SSSR count). The molecule has 1 amide bonds. The molecule has 2 aromatic rings. The molecule has 10 heteroatoms. The van der Waals surface area contributed by atoms with Gasteiger partial charge in [0.15, 0.2) is 0 Å². The highest BCUT2D eigenvalue weighted by Gasteiger charge is 2.62. The first-order valence-electron chi connectivity index (χ1n) is 10.7. The highest BCUT2D eigenvalue weighted by molar-refractivity contribution is 8.15. The van der Waals surface area contributed by atoms with Gasteiger partial charge in [-0.1, -0.05) is 60.2 Å². The third kappa shape index (κ3) is 5.29. The average molecular weight is 533 g/mol. The zero-order valence-electron chi connectivity index (χ0n) is 18.9. The molecular weight excluding hydrogens is 508 g/mol. The van der Waals surface area contributed by atoms with Crippen LogP contribution in [0, 0.1) is 6.92 Å². The first-order chi connectivity index (χ1) is 16.0. The van der Waals surface area contributed by atoms with Crippen molar-refractivity contribution in [2.24, 2.45) is 5.16 Å². The second-order valence-corrected chi connectivity index (χ2v) is 10.7. The Morgan fingerprint density at radius 3 is 2.44 bits per heavy atom. The summed E-state index contributed by atoms with van der Waals surface area (Å²) in [5, 5.41) is 6.93. The summed E-state index contributed by atoms with van der Waals surface area (Å²) in [6.45, 7) is 5.65. The molecule has 2 heterocycles. The zero-order chi connectivity index (χ0) is 25.3. The highest BCUT2D eigenvalue weighted by Crippen LogP contribution is 2.49. The van der Waals surface area contributed by atoms with Gasteiger partial charge in [-0.2, -0.15) is 23.7 Å². The number of rotatable bonds is 4. The number of alkyl halides is 3. The third-order valence-electron chi connectivity index (χ3n) is 5.45. The molecule has 1 atom stereocenters. The van der Waals surface area contributed by atoms with Gasteiger partial charge in [0.25, 0.3) is 11.5 Å². The van der Waals surface area contributed by atoms with Crippen LogP contribution in [0.15, 0.2) is 41.6 Å². The summed E-state index contributed by atoms with van der Waals surface area (Å²) in [7, 11) is 0.0830. The number of carbonyl (C=O) groups excluding carboxylic acids is 1. The lowest BCUT2D eigenvalue weighted by atomic mass is 9.86. The summed E-state index contributed by atoms with van der Waals surface area (Å²) in [4.78, 5) is 17.5. The van der Waals surface area contributed by atoms with Crippen LogP contribution in [0.4, 0.5) is 13.2 Å². The minimum absolute atomic E-state index is 0.0697. The van der Waals surface area contributed by atoms with Gasteiger partial charge in [0.1, 0.15) is 0 Å². The van der Waals surface area contributed by atoms with Crippen LogP contribution in [0.5, 0.6) is 0 Å². The van der Waals surface area contributed by atoms with Crippen LogP contribution in [0.2, 0.25) is 10.0 Å². The SMILES string of the molecule is C=S1CC(NC(=O)c2ccc(C3=NOC(c4cc(C)cc(Cl)c4)(C(F)(F)F)C3)cc2Cl)C1.CC. The van der Waals surface area contributed by atoms with Crippen LogP contribution in [-0.4, -0.2) is 41.2 Å². The predicted molar refractivity (Wildman–Crippen MR) is 135 cm³/mol. The van der Waals surface area contributed by atoms with E-state index in [1.54, 1.807) is 13.0 Å². The Bertz CT molecular complexity index is 1130. The maximum Gasteiger partial charge on any atom is 0.435 e. The summed E-state index contributed by atoms with van der Waals surface area (Å²) >= 11 is 12.3. The number of halogens is 5. The number of nitrogens with one attached hydrogen (secondary N) is 1.